The van der Waals surface area contributed by atoms with E-state index >= 15 is 0 Å². The van der Waals surface area contributed by atoms with E-state index in [0.29, 0.717) is 11.5 Å². The highest BCUT2D eigenvalue weighted by atomic mass is 15.1. The number of rotatable bonds is 2. The molecule has 1 aromatic heterocycles. The number of nitrogens with zero attached hydrogens (tertiary/aromatic N) is 2. The van der Waals surface area contributed by atoms with E-state index < -0.39 is 0 Å². The lowest BCUT2D eigenvalue weighted by molar-refractivity contribution is 0.216. The van der Waals surface area contributed by atoms with Crippen LogP contribution >= 0.6 is 0 Å². The average Bonchev–Trinajstić information content (AvgIpc) is 2.23. The Kier molecular flexibility index (Phi) is 2.89. The highest BCUT2D eigenvalue weighted by Crippen LogP contribution is 2.36. The molecule has 15 heavy (non-hydrogen) atoms. The predicted molar refractivity (Wildman–Crippen MR) is 61.7 cm³/mol. The maximum atomic E-state index is 4.22. The first-order valence-corrected chi connectivity index (χ1v) is 5.72. The molecule has 1 atom stereocenters. The largest absolute Gasteiger partial charge is 0.351 e. The molecule has 1 aliphatic rings. The molecule has 0 radical (unpaired) electrons. The third kappa shape index (κ3) is 2.46. The zero-order valence-corrected chi connectivity index (χ0v) is 9.53. The van der Waals surface area contributed by atoms with E-state index in [1.54, 1.807) is 12.4 Å². The summed E-state index contributed by atoms with van der Waals surface area (Å²) in [6.45, 7) is 4.65. The second-order valence-corrected chi connectivity index (χ2v) is 5.00. The van der Waals surface area contributed by atoms with Crippen LogP contribution in [0.4, 0.5) is 5.95 Å². The van der Waals surface area contributed by atoms with Crippen LogP contribution in [0, 0.1) is 5.41 Å². The van der Waals surface area contributed by atoms with Gasteiger partial charge in [0.2, 0.25) is 5.95 Å². The number of anilines is 1. The molecule has 0 saturated heterocycles. The van der Waals surface area contributed by atoms with Gasteiger partial charge in [-0.15, -0.1) is 0 Å². The lowest BCUT2D eigenvalue weighted by Gasteiger charge is -2.38. The Bertz CT molecular complexity index is 308. The molecule has 1 aliphatic carbocycles. The van der Waals surface area contributed by atoms with E-state index in [4.69, 9.17) is 0 Å². The van der Waals surface area contributed by atoms with Crippen molar-refractivity contribution in [2.24, 2.45) is 5.41 Å². The topological polar surface area (TPSA) is 37.8 Å². The molecule has 1 unspecified atom stereocenters. The molecular weight excluding hydrogens is 186 g/mol. The van der Waals surface area contributed by atoms with Crippen LogP contribution in [0.15, 0.2) is 18.5 Å². The van der Waals surface area contributed by atoms with Gasteiger partial charge in [0.1, 0.15) is 0 Å². The van der Waals surface area contributed by atoms with Crippen LogP contribution < -0.4 is 5.32 Å². The molecule has 2 rings (SSSR count). The third-order valence-electron chi connectivity index (χ3n) is 3.38. The fourth-order valence-corrected chi connectivity index (χ4v) is 2.29. The Morgan fingerprint density at radius 2 is 2.00 bits per heavy atom. The molecule has 82 valence electrons. The summed E-state index contributed by atoms with van der Waals surface area (Å²) in [5.41, 5.74) is 0.359. The molecular formula is C12H19N3. The monoisotopic (exact) mass is 205 g/mol. The maximum absolute atomic E-state index is 4.22. The minimum atomic E-state index is 0.359. The molecule has 0 aliphatic heterocycles. The molecule has 0 bridgehead atoms. The average molecular weight is 205 g/mol. The minimum absolute atomic E-state index is 0.359. The van der Waals surface area contributed by atoms with Crippen molar-refractivity contribution in [3.05, 3.63) is 18.5 Å². The zero-order chi connectivity index (χ0) is 10.7. The van der Waals surface area contributed by atoms with Crippen LogP contribution in [0.3, 0.4) is 0 Å². The highest BCUT2D eigenvalue weighted by Gasteiger charge is 2.32. The van der Waals surface area contributed by atoms with Crippen molar-refractivity contribution in [1.29, 1.82) is 0 Å². The molecule has 3 heteroatoms. The number of hydrogen-bond acceptors (Lipinski definition) is 3. The zero-order valence-electron chi connectivity index (χ0n) is 9.53. The van der Waals surface area contributed by atoms with Crippen LogP contribution in [0.25, 0.3) is 0 Å². The summed E-state index contributed by atoms with van der Waals surface area (Å²) in [5.74, 6) is 0.762. The van der Waals surface area contributed by atoms with E-state index in [0.717, 1.165) is 5.95 Å². The molecule has 1 aromatic rings. The van der Waals surface area contributed by atoms with Crippen molar-refractivity contribution in [3.63, 3.8) is 0 Å². The summed E-state index contributed by atoms with van der Waals surface area (Å²) in [5, 5.41) is 3.45. The summed E-state index contributed by atoms with van der Waals surface area (Å²) in [6, 6.07) is 2.35. The van der Waals surface area contributed by atoms with Gasteiger partial charge in [0, 0.05) is 18.4 Å². The first-order valence-electron chi connectivity index (χ1n) is 5.72. The van der Waals surface area contributed by atoms with Crippen LogP contribution in [0.2, 0.25) is 0 Å². The van der Waals surface area contributed by atoms with Crippen LogP contribution in [0.5, 0.6) is 0 Å². The lowest BCUT2D eigenvalue weighted by atomic mass is 9.73. The van der Waals surface area contributed by atoms with E-state index in [1.165, 1.54) is 25.7 Å². The van der Waals surface area contributed by atoms with E-state index in [2.05, 4.69) is 29.1 Å². The van der Waals surface area contributed by atoms with E-state index in [9.17, 15) is 0 Å². The van der Waals surface area contributed by atoms with Crippen molar-refractivity contribution in [2.45, 2.75) is 45.6 Å². The molecule has 1 N–H and O–H groups in total. The summed E-state index contributed by atoms with van der Waals surface area (Å²) in [6.07, 6.45) is 8.74. The SMILES string of the molecule is CC1(C)CCCCC1Nc1ncccn1. The molecule has 1 saturated carbocycles. The summed E-state index contributed by atoms with van der Waals surface area (Å²) >= 11 is 0. The summed E-state index contributed by atoms with van der Waals surface area (Å²) < 4.78 is 0. The summed E-state index contributed by atoms with van der Waals surface area (Å²) in [4.78, 5) is 8.43. The first-order chi connectivity index (χ1) is 7.18. The molecule has 1 fully saturated rings. The Hall–Kier alpha value is -1.12. The molecule has 1 heterocycles. The van der Waals surface area contributed by atoms with Crippen molar-refractivity contribution in [2.75, 3.05) is 5.32 Å². The van der Waals surface area contributed by atoms with Gasteiger partial charge in [-0.3, -0.25) is 0 Å². The van der Waals surface area contributed by atoms with Gasteiger partial charge in [-0.05, 0) is 24.3 Å². The lowest BCUT2D eigenvalue weighted by Crippen LogP contribution is -2.39. The molecule has 0 aromatic carbocycles. The number of nitrogens with one attached hydrogen (secondary N) is 1. The third-order valence-corrected chi connectivity index (χ3v) is 3.38. The van der Waals surface area contributed by atoms with Gasteiger partial charge in [-0.2, -0.15) is 0 Å². The molecule has 0 amide bonds. The fraction of sp³-hybridized carbons (Fsp3) is 0.667. The van der Waals surface area contributed by atoms with Crippen LogP contribution in [0.1, 0.15) is 39.5 Å². The standard InChI is InChI=1S/C12H19N3/c1-12(2)7-4-3-6-10(12)15-11-13-8-5-9-14-11/h5,8-10H,3-4,6-7H2,1-2H3,(H,13,14,15). The number of aromatic nitrogens is 2. The van der Waals surface area contributed by atoms with Crippen LogP contribution in [-0.4, -0.2) is 16.0 Å². The Morgan fingerprint density at radius 1 is 1.27 bits per heavy atom. The van der Waals surface area contributed by atoms with Gasteiger partial charge in [0.15, 0.2) is 0 Å². The van der Waals surface area contributed by atoms with Crippen molar-refractivity contribution in [3.8, 4) is 0 Å². The van der Waals surface area contributed by atoms with Gasteiger partial charge in [0.05, 0.1) is 0 Å². The van der Waals surface area contributed by atoms with Gasteiger partial charge in [-0.1, -0.05) is 26.7 Å². The van der Waals surface area contributed by atoms with Crippen LogP contribution in [-0.2, 0) is 0 Å². The number of hydrogen-bond donors (Lipinski definition) is 1. The van der Waals surface area contributed by atoms with Crippen molar-refractivity contribution >= 4 is 5.95 Å². The fourth-order valence-electron chi connectivity index (χ4n) is 2.29. The molecule has 3 nitrogen and oxygen atoms in total. The normalized spacial score (nSPS) is 24.8. The Labute approximate surface area is 91.3 Å². The predicted octanol–water partition coefficient (Wildman–Crippen LogP) is 2.86. The first kappa shape index (κ1) is 10.4. The van der Waals surface area contributed by atoms with Crippen molar-refractivity contribution in [1.82, 2.24) is 9.97 Å². The van der Waals surface area contributed by atoms with Gasteiger partial charge < -0.3 is 5.32 Å². The van der Waals surface area contributed by atoms with E-state index in [-0.39, 0.29) is 0 Å². The van der Waals surface area contributed by atoms with Gasteiger partial charge in [-0.25, -0.2) is 9.97 Å². The van der Waals surface area contributed by atoms with Crippen molar-refractivity contribution < 1.29 is 0 Å². The minimum Gasteiger partial charge on any atom is -0.351 e. The van der Waals surface area contributed by atoms with E-state index in [1.807, 2.05) is 6.07 Å². The summed E-state index contributed by atoms with van der Waals surface area (Å²) in [7, 11) is 0. The quantitative estimate of drug-likeness (QED) is 0.806. The second-order valence-electron chi connectivity index (χ2n) is 5.00. The maximum Gasteiger partial charge on any atom is 0.222 e. The van der Waals surface area contributed by atoms with Gasteiger partial charge in [0.25, 0.3) is 0 Å². The highest BCUT2D eigenvalue weighted by molar-refractivity contribution is 5.25. The Morgan fingerprint density at radius 3 is 2.67 bits per heavy atom. The Balaban J connectivity index is 2.05. The van der Waals surface area contributed by atoms with Gasteiger partial charge >= 0.3 is 0 Å². The smallest absolute Gasteiger partial charge is 0.222 e. The molecule has 0 spiro atoms. The second kappa shape index (κ2) is 4.17.